The summed E-state index contributed by atoms with van der Waals surface area (Å²) in [7, 11) is -3.11. The number of rotatable bonds is 1. The molecule has 2 atom stereocenters. The van der Waals surface area contributed by atoms with E-state index in [4.69, 9.17) is 5.26 Å². The van der Waals surface area contributed by atoms with E-state index in [1.165, 1.54) is 12.4 Å². The first-order valence-corrected chi connectivity index (χ1v) is 8.24. The summed E-state index contributed by atoms with van der Waals surface area (Å²) in [6.07, 6.45) is 5.37. The predicted octanol–water partition coefficient (Wildman–Crippen LogP) is 0.666. The summed E-state index contributed by atoms with van der Waals surface area (Å²) in [4.78, 5) is 7.73. The second kappa shape index (κ2) is 4.50. The van der Waals surface area contributed by atoms with Gasteiger partial charge in [-0.25, -0.2) is 18.4 Å². The maximum absolute atomic E-state index is 12.2. The van der Waals surface area contributed by atoms with E-state index in [-0.39, 0.29) is 18.7 Å². The van der Waals surface area contributed by atoms with Gasteiger partial charge in [-0.3, -0.25) is 0 Å². The van der Waals surface area contributed by atoms with Crippen molar-refractivity contribution < 1.29 is 13.5 Å². The number of hydrogen-bond acceptors (Lipinski definition) is 6. The quantitative estimate of drug-likeness (QED) is 0.816. The van der Waals surface area contributed by atoms with E-state index in [0.717, 1.165) is 6.42 Å². The Balaban J connectivity index is 1.95. The molecule has 2 saturated heterocycles. The van der Waals surface area contributed by atoms with Crippen molar-refractivity contribution in [2.45, 2.75) is 48.2 Å². The zero-order valence-electron chi connectivity index (χ0n) is 10.9. The Bertz CT molecular complexity index is 643. The number of nitriles is 1. The summed E-state index contributed by atoms with van der Waals surface area (Å²) in [5.41, 5.74) is -0.696. The Morgan fingerprint density at radius 2 is 1.80 bits per heavy atom. The predicted molar refractivity (Wildman–Crippen MR) is 70.2 cm³/mol. The van der Waals surface area contributed by atoms with Crippen LogP contribution >= 0.6 is 0 Å². The van der Waals surface area contributed by atoms with Gasteiger partial charge in [-0.1, -0.05) is 6.42 Å². The number of sulfone groups is 1. The second-order valence-electron chi connectivity index (χ2n) is 5.61. The van der Waals surface area contributed by atoms with Gasteiger partial charge in [0, 0.05) is 18.0 Å². The zero-order chi connectivity index (χ0) is 14.4. The molecule has 1 aromatic heterocycles. The lowest BCUT2D eigenvalue weighted by Gasteiger charge is -2.43. The minimum Gasteiger partial charge on any atom is -0.385 e. The van der Waals surface area contributed by atoms with Crippen molar-refractivity contribution in [2.75, 3.05) is 0 Å². The molecule has 1 aromatic rings. The molecule has 7 heteroatoms. The Kier molecular flexibility index (Phi) is 3.03. The van der Waals surface area contributed by atoms with Crippen molar-refractivity contribution in [1.82, 2.24) is 9.97 Å². The summed E-state index contributed by atoms with van der Waals surface area (Å²) < 4.78 is 24.5. The van der Waals surface area contributed by atoms with E-state index in [0.29, 0.717) is 18.4 Å². The third kappa shape index (κ3) is 2.00. The highest BCUT2D eigenvalue weighted by Gasteiger charge is 2.51. The first-order chi connectivity index (χ1) is 9.45. The maximum atomic E-state index is 12.2. The average Bonchev–Trinajstić information content (AvgIpc) is 2.41. The lowest BCUT2D eigenvalue weighted by molar-refractivity contribution is 0.00436. The van der Waals surface area contributed by atoms with Crippen molar-refractivity contribution in [1.29, 1.82) is 5.26 Å². The highest BCUT2D eigenvalue weighted by molar-refractivity contribution is 7.92. The van der Waals surface area contributed by atoms with Crippen LogP contribution < -0.4 is 0 Å². The van der Waals surface area contributed by atoms with E-state index in [9.17, 15) is 13.5 Å². The lowest BCUT2D eigenvalue weighted by atomic mass is 9.81. The molecule has 20 heavy (non-hydrogen) atoms. The third-order valence-electron chi connectivity index (χ3n) is 4.40. The highest BCUT2D eigenvalue weighted by Crippen LogP contribution is 2.45. The number of aromatic nitrogens is 2. The van der Waals surface area contributed by atoms with Gasteiger partial charge in [0.1, 0.15) is 6.07 Å². The number of aliphatic hydroxyl groups is 1. The molecule has 0 aliphatic carbocycles. The van der Waals surface area contributed by atoms with Gasteiger partial charge in [0.05, 0.1) is 16.1 Å². The lowest BCUT2D eigenvalue weighted by Crippen LogP contribution is -2.50. The topological polar surface area (TPSA) is 104 Å². The number of hydrogen-bond donors (Lipinski definition) is 1. The van der Waals surface area contributed by atoms with Crippen molar-refractivity contribution in [3.8, 4) is 6.07 Å². The van der Waals surface area contributed by atoms with Crippen LogP contribution in [0, 0.1) is 11.3 Å². The summed E-state index contributed by atoms with van der Waals surface area (Å²) in [5.74, 6) is 0.0426. The zero-order valence-corrected chi connectivity index (χ0v) is 11.7. The molecule has 3 rings (SSSR count). The van der Waals surface area contributed by atoms with Gasteiger partial charge in [-0.2, -0.15) is 5.26 Å². The van der Waals surface area contributed by atoms with E-state index >= 15 is 0 Å². The molecule has 0 amide bonds. The Hall–Kier alpha value is -1.52. The first kappa shape index (κ1) is 13.5. The van der Waals surface area contributed by atoms with Crippen LogP contribution in [0.25, 0.3) is 0 Å². The molecule has 106 valence electrons. The monoisotopic (exact) mass is 293 g/mol. The molecular weight excluding hydrogens is 278 g/mol. The first-order valence-electron chi connectivity index (χ1n) is 6.63. The Morgan fingerprint density at radius 3 is 2.30 bits per heavy atom. The van der Waals surface area contributed by atoms with Gasteiger partial charge in [0.15, 0.2) is 9.84 Å². The average molecular weight is 293 g/mol. The van der Waals surface area contributed by atoms with Crippen molar-refractivity contribution >= 4 is 9.84 Å². The Labute approximate surface area is 117 Å². The van der Waals surface area contributed by atoms with Crippen LogP contribution in [0.1, 0.15) is 43.5 Å². The second-order valence-corrected chi connectivity index (χ2v) is 8.12. The minimum atomic E-state index is -3.11. The van der Waals surface area contributed by atoms with E-state index in [2.05, 4.69) is 9.97 Å². The van der Waals surface area contributed by atoms with Crippen LogP contribution in [0.15, 0.2) is 12.4 Å². The van der Waals surface area contributed by atoms with Gasteiger partial charge < -0.3 is 5.11 Å². The van der Waals surface area contributed by atoms with Gasteiger partial charge in [0.25, 0.3) is 0 Å². The molecule has 2 aliphatic rings. The SMILES string of the molecule is N#Cc1ncc(C2(O)CC3CCCC(C2)S3(=O)=O)cn1. The van der Waals surface area contributed by atoms with Gasteiger partial charge >= 0.3 is 0 Å². The van der Waals surface area contributed by atoms with Gasteiger partial charge in [-0.15, -0.1) is 0 Å². The third-order valence-corrected chi connectivity index (χ3v) is 7.06. The molecule has 2 bridgehead atoms. The molecule has 0 aromatic carbocycles. The number of nitrogens with zero attached hydrogens (tertiary/aromatic N) is 3. The molecule has 0 radical (unpaired) electrons. The molecule has 2 unspecified atom stereocenters. The molecule has 0 saturated carbocycles. The largest absolute Gasteiger partial charge is 0.385 e. The van der Waals surface area contributed by atoms with Crippen LogP contribution in [0.5, 0.6) is 0 Å². The fourth-order valence-electron chi connectivity index (χ4n) is 3.31. The summed E-state index contributed by atoms with van der Waals surface area (Å²) >= 11 is 0. The van der Waals surface area contributed by atoms with Crippen LogP contribution in [0.3, 0.4) is 0 Å². The summed E-state index contributed by atoms with van der Waals surface area (Å²) in [5, 5.41) is 18.6. The minimum absolute atomic E-state index is 0.0426. The maximum Gasteiger partial charge on any atom is 0.232 e. The number of fused-ring (bicyclic) bond motifs is 2. The van der Waals surface area contributed by atoms with Gasteiger partial charge in [0.2, 0.25) is 5.82 Å². The molecule has 6 nitrogen and oxygen atoms in total. The standard InChI is InChI=1S/C13H15N3O3S/c14-6-12-15-7-9(8-16-12)13(17)4-10-2-1-3-11(5-13)20(10,18)19/h7-8,10-11,17H,1-5H2. The highest BCUT2D eigenvalue weighted by atomic mass is 32.2. The molecule has 1 N–H and O–H groups in total. The van der Waals surface area contributed by atoms with E-state index in [1.807, 2.05) is 6.07 Å². The van der Waals surface area contributed by atoms with Gasteiger partial charge in [-0.05, 0) is 25.7 Å². The van der Waals surface area contributed by atoms with Crippen LogP contribution in [0.2, 0.25) is 0 Å². The molecule has 0 spiro atoms. The summed E-state index contributed by atoms with van der Waals surface area (Å²) in [6, 6.07) is 1.82. The molecular formula is C13H15N3O3S. The van der Waals surface area contributed by atoms with E-state index < -0.39 is 25.9 Å². The van der Waals surface area contributed by atoms with Crippen molar-refractivity contribution in [3.63, 3.8) is 0 Å². The van der Waals surface area contributed by atoms with Crippen LogP contribution in [0.4, 0.5) is 0 Å². The normalized spacial score (nSPS) is 35.2. The van der Waals surface area contributed by atoms with Crippen molar-refractivity contribution in [3.05, 3.63) is 23.8 Å². The molecule has 3 heterocycles. The molecule has 2 fully saturated rings. The molecule has 2 aliphatic heterocycles. The Morgan fingerprint density at radius 1 is 1.25 bits per heavy atom. The van der Waals surface area contributed by atoms with Crippen LogP contribution in [-0.4, -0.2) is 34.0 Å². The smallest absolute Gasteiger partial charge is 0.232 e. The fourth-order valence-corrected chi connectivity index (χ4v) is 5.86. The summed E-state index contributed by atoms with van der Waals surface area (Å²) in [6.45, 7) is 0. The van der Waals surface area contributed by atoms with Crippen LogP contribution in [-0.2, 0) is 15.4 Å². The van der Waals surface area contributed by atoms with E-state index in [1.54, 1.807) is 0 Å². The fraction of sp³-hybridized carbons (Fsp3) is 0.615. The van der Waals surface area contributed by atoms with Crippen molar-refractivity contribution in [2.24, 2.45) is 0 Å².